The summed E-state index contributed by atoms with van der Waals surface area (Å²) in [6.07, 6.45) is -2.31. The Balaban J connectivity index is 1.84. The monoisotopic (exact) mass is 301 g/mol. The molecule has 0 radical (unpaired) electrons. The van der Waals surface area contributed by atoms with Gasteiger partial charge in [-0.15, -0.1) is 11.3 Å². The molecular weight excluding hydrogens is 287 g/mol. The highest BCUT2D eigenvalue weighted by atomic mass is 32.1. The van der Waals surface area contributed by atoms with Crippen LogP contribution in [0.3, 0.4) is 0 Å². The lowest BCUT2D eigenvalue weighted by molar-refractivity contribution is -0.179. The van der Waals surface area contributed by atoms with Crippen LogP contribution in [0.5, 0.6) is 0 Å². The van der Waals surface area contributed by atoms with Crippen molar-refractivity contribution in [1.82, 2.24) is 9.97 Å². The number of rotatable bonds is 1. The van der Waals surface area contributed by atoms with Gasteiger partial charge in [-0.2, -0.15) is 13.2 Å². The molecule has 1 aliphatic rings. The molecule has 0 N–H and O–H groups in total. The van der Waals surface area contributed by atoms with E-state index in [9.17, 15) is 13.2 Å². The molecule has 0 aliphatic carbocycles. The molecule has 0 unspecified atom stereocenters. The van der Waals surface area contributed by atoms with Crippen LogP contribution < -0.4 is 4.90 Å². The van der Waals surface area contributed by atoms with Gasteiger partial charge in [0.25, 0.3) is 0 Å². The molecule has 3 rings (SSSR count). The van der Waals surface area contributed by atoms with Gasteiger partial charge >= 0.3 is 6.18 Å². The molecule has 2 aromatic heterocycles. The molecule has 0 aromatic carbocycles. The van der Waals surface area contributed by atoms with Crippen molar-refractivity contribution in [2.45, 2.75) is 25.9 Å². The second-order valence-corrected chi connectivity index (χ2v) is 5.98. The Labute approximate surface area is 118 Å². The van der Waals surface area contributed by atoms with Crippen molar-refractivity contribution in [2.75, 3.05) is 18.0 Å². The summed E-state index contributed by atoms with van der Waals surface area (Å²) in [6.45, 7) is 2.77. The smallest absolute Gasteiger partial charge is 0.355 e. The molecule has 1 saturated heterocycles. The molecule has 7 heteroatoms. The molecule has 2 aromatic rings. The van der Waals surface area contributed by atoms with E-state index < -0.39 is 12.1 Å². The van der Waals surface area contributed by atoms with Gasteiger partial charge in [0.05, 0.1) is 16.1 Å². The number of alkyl halides is 3. The highest BCUT2D eigenvalue weighted by Crippen LogP contribution is 2.37. The molecule has 20 heavy (non-hydrogen) atoms. The van der Waals surface area contributed by atoms with E-state index in [0.29, 0.717) is 13.1 Å². The fraction of sp³-hybridized carbons (Fsp3) is 0.538. The third-order valence-electron chi connectivity index (χ3n) is 3.77. The summed E-state index contributed by atoms with van der Waals surface area (Å²) >= 11 is 1.55. The first-order valence-corrected chi connectivity index (χ1v) is 7.35. The van der Waals surface area contributed by atoms with Crippen molar-refractivity contribution < 1.29 is 13.2 Å². The summed E-state index contributed by atoms with van der Waals surface area (Å²) in [4.78, 5) is 10.5. The number of piperidine rings is 1. The number of hydrogen-bond donors (Lipinski definition) is 0. The van der Waals surface area contributed by atoms with Gasteiger partial charge in [0.15, 0.2) is 0 Å². The van der Waals surface area contributed by atoms with Crippen LogP contribution >= 0.6 is 11.3 Å². The summed E-state index contributed by atoms with van der Waals surface area (Å²) in [5, 5.41) is 2.01. The van der Waals surface area contributed by atoms with Crippen LogP contribution in [0.15, 0.2) is 11.7 Å². The van der Waals surface area contributed by atoms with Crippen molar-refractivity contribution in [3.05, 3.63) is 17.3 Å². The van der Waals surface area contributed by atoms with E-state index in [0.717, 1.165) is 21.6 Å². The molecular formula is C13H14F3N3S. The standard InChI is InChI=1S/C13H14F3N3S/c1-8-6-20-11-10(8)17-7-18-12(11)19-4-2-9(3-5-19)13(14,15)16/h6-7,9H,2-5H2,1H3. The number of anilines is 1. The summed E-state index contributed by atoms with van der Waals surface area (Å²) in [6, 6.07) is 0. The van der Waals surface area contributed by atoms with Crippen LogP contribution in [-0.2, 0) is 0 Å². The first kappa shape index (κ1) is 13.6. The Morgan fingerprint density at radius 2 is 1.95 bits per heavy atom. The molecule has 0 bridgehead atoms. The first-order valence-electron chi connectivity index (χ1n) is 6.47. The molecule has 1 fully saturated rings. The zero-order valence-electron chi connectivity index (χ0n) is 10.9. The molecule has 0 atom stereocenters. The van der Waals surface area contributed by atoms with Crippen LogP contribution in [0.1, 0.15) is 18.4 Å². The number of halogens is 3. The third kappa shape index (κ3) is 2.34. The van der Waals surface area contributed by atoms with Crippen LogP contribution in [0.2, 0.25) is 0 Å². The van der Waals surface area contributed by atoms with Crippen LogP contribution in [0, 0.1) is 12.8 Å². The Kier molecular flexibility index (Phi) is 3.32. The Morgan fingerprint density at radius 1 is 1.25 bits per heavy atom. The summed E-state index contributed by atoms with van der Waals surface area (Å²) in [5.41, 5.74) is 1.98. The zero-order chi connectivity index (χ0) is 14.3. The number of aryl methyl sites for hydroxylation is 1. The molecule has 108 valence electrons. The van der Waals surface area contributed by atoms with E-state index in [1.807, 2.05) is 17.2 Å². The Morgan fingerprint density at radius 3 is 2.60 bits per heavy atom. The number of aromatic nitrogens is 2. The highest BCUT2D eigenvalue weighted by Gasteiger charge is 2.41. The van der Waals surface area contributed by atoms with Gasteiger partial charge in [-0.3, -0.25) is 0 Å². The summed E-state index contributed by atoms with van der Waals surface area (Å²) in [7, 11) is 0. The SMILES string of the molecule is Cc1csc2c(N3CCC(C(F)(F)F)CC3)ncnc12. The fourth-order valence-corrected chi connectivity index (χ4v) is 3.62. The molecule has 0 amide bonds. The van der Waals surface area contributed by atoms with Crippen molar-refractivity contribution in [2.24, 2.45) is 5.92 Å². The van der Waals surface area contributed by atoms with Gasteiger partial charge in [-0.1, -0.05) is 0 Å². The maximum Gasteiger partial charge on any atom is 0.391 e. The van der Waals surface area contributed by atoms with Crippen molar-refractivity contribution in [3.63, 3.8) is 0 Å². The van der Waals surface area contributed by atoms with Crippen LogP contribution in [0.25, 0.3) is 10.2 Å². The fourth-order valence-electron chi connectivity index (χ4n) is 2.60. The minimum atomic E-state index is -4.08. The van der Waals surface area contributed by atoms with E-state index >= 15 is 0 Å². The number of thiophene rings is 1. The Hall–Kier alpha value is -1.37. The molecule has 3 heterocycles. The second kappa shape index (κ2) is 4.87. The molecule has 0 saturated carbocycles. The Bertz CT molecular complexity index is 615. The van der Waals surface area contributed by atoms with Gasteiger partial charge in [0.2, 0.25) is 0 Å². The first-order chi connectivity index (χ1) is 9.47. The van der Waals surface area contributed by atoms with Crippen LogP contribution in [-0.4, -0.2) is 29.2 Å². The van der Waals surface area contributed by atoms with E-state index in [2.05, 4.69) is 9.97 Å². The molecule has 0 spiro atoms. The van der Waals surface area contributed by atoms with Crippen molar-refractivity contribution in [3.8, 4) is 0 Å². The maximum absolute atomic E-state index is 12.7. The summed E-state index contributed by atoms with van der Waals surface area (Å²) in [5.74, 6) is -0.408. The average molecular weight is 301 g/mol. The predicted octanol–water partition coefficient (Wildman–Crippen LogP) is 3.78. The topological polar surface area (TPSA) is 29.0 Å². The summed E-state index contributed by atoms with van der Waals surface area (Å²) < 4.78 is 39.0. The van der Waals surface area contributed by atoms with Gasteiger partial charge in [-0.25, -0.2) is 9.97 Å². The number of nitrogens with zero attached hydrogens (tertiary/aromatic N) is 3. The van der Waals surface area contributed by atoms with E-state index in [1.165, 1.54) is 6.33 Å². The minimum absolute atomic E-state index is 0.138. The lowest BCUT2D eigenvalue weighted by atomic mass is 9.96. The van der Waals surface area contributed by atoms with E-state index in [-0.39, 0.29) is 12.8 Å². The minimum Gasteiger partial charge on any atom is -0.355 e. The van der Waals surface area contributed by atoms with Gasteiger partial charge in [0.1, 0.15) is 12.1 Å². The predicted molar refractivity (Wildman–Crippen MR) is 73.1 cm³/mol. The van der Waals surface area contributed by atoms with E-state index in [1.54, 1.807) is 11.3 Å². The second-order valence-electron chi connectivity index (χ2n) is 5.10. The van der Waals surface area contributed by atoms with Crippen LogP contribution in [0.4, 0.5) is 19.0 Å². The lowest BCUT2D eigenvalue weighted by Crippen LogP contribution is -2.39. The van der Waals surface area contributed by atoms with E-state index in [4.69, 9.17) is 0 Å². The maximum atomic E-state index is 12.7. The number of fused-ring (bicyclic) bond motifs is 1. The number of hydrogen-bond acceptors (Lipinski definition) is 4. The van der Waals surface area contributed by atoms with Gasteiger partial charge in [-0.05, 0) is 30.7 Å². The average Bonchev–Trinajstić information content (AvgIpc) is 2.80. The zero-order valence-corrected chi connectivity index (χ0v) is 11.8. The quantitative estimate of drug-likeness (QED) is 0.802. The highest BCUT2D eigenvalue weighted by molar-refractivity contribution is 7.18. The largest absolute Gasteiger partial charge is 0.391 e. The normalized spacial score (nSPS) is 17.9. The molecule has 1 aliphatic heterocycles. The molecule has 3 nitrogen and oxygen atoms in total. The van der Waals surface area contributed by atoms with Gasteiger partial charge < -0.3 is 4.90 Å². The lowest BCUT2D eigenvalue weighted by Gasteiger charge is -2.33. The van der Waals surface area contributed by atoms with Crippen molar-refractivity contribution in [1.29, 1.82) is 0 Å². The van der Waals surface area contributed by atoms with Crippen molar-refractivity contribution >= 4 is 27.4 Å². The van der Waals surface area contributed by atoms with Gasteiger partial charge in [0, 0.05) is 13.1 Å². The third-order valence-corrected chi connectivity index (χ3v) is 4.85.